The maximum atomic E-state index is 12.5. The van der Waals surface area contributed by atoms with Crippen LogP contribution in [-0.2, 0) is 0 Å². The molecule has 3 heteroatoms. The summed E-state index contributed by atoms with van der Waals surface area (Å²) >= 11 is 1.08. The van der Waals surface area contributed by atoms with Gasteiger partial charge in [0, 0.05) is 10.9 Å². The fourth-order valence-corrected chi connectivity index (χ4v) is 1.50. The van der Waals surface area contributed by atoms with Crippen LogP contribution in [-0.4, -0.2) is 0 Å². The predicted molar refractivity (Wildman–Crippen MR) is 42.0 cm³/mol. The normalized spacial score (nSPS) is 10.3. The number of thiophene rings is 1. The van der Waals surface area contributed by atoms with Crippen molar-refractivity contribution in [3.63, 3.8) is 0 Å². The minimum absolute atomic E-state index is 0.184. The lowest BCUT2D eigenvalue weighted by atomic mass is 10.3. The standard InChI is InChI=1S/C8H5FOS/c9-8-4-6(5-11-8)7-2-1-3-10-7/h1-5H. The molecule has 0 unspecified atom stereocenters. The zero-order valence-corrected chi connectivity index (χ0v) is 6.40. The minimum atomic E-state index is -0.184. The Balaban J connectivity index is 2.45. The Morgan fingerprint density at radius 3 is 2.91 bits per heavy atom. The zero-order chi connectivity index (χ0) is 7.68. The van der Waals surface area contributed by atoms with Crippen molar-refractivity contribution in [3.05, 3.63) is 35.0 Å². The summed E-state index contributed by atoms with van der Waals surface area (Å²) in [6, 6.07) is 5.05. The van der Waals surface area contributed by atoms with Crippen molar-refractivity contribution in [3.8, 4) is 11.3 Å². The van der Waals surface area contributed by atoms with Gasteiger partial charge >= 0.3 is 0 Å². The SMILES string of the molecule is Fc1cc(-c2ccco2)cs1. The van der Waals surface area contributed by atoms with Gasteiger partial charge in [-0.3, -0.25) is 0 Å². The van der Waals surface area contributed by atoms with E-state index in [1.807, 2.05) is 6.07 Å². The van der Waals surface area contributed by atoms with E-state index in [1.54, 1.807) is 17.7 Å². The van der Waals surface area contributed by atoms with Gasteiger partial charge in [-0.1, -0.05) is 0 Å². The molecular formula is C8H5FOS. The molecule has 0 aliphatic rings. The summed E-state index contributed by atoms with van der Waals surface area (Å²) in [6.45, 7) is 0. The number of hydrogen-bond donors (Lipinski definition) is 0. The summed E-state index contributed by atoms with van der Waals surface area (Å²) in [4.78, 5) is 0. The van der Waals surface area contributed by atoms with E-state index in [2.05, 4.69) is 0 Å². The molecular weight excluding hydrogens is 163 g/mol. The molecule has 2 aromatic rings. The summed E-state index contributed by atoms with van der Waals surface area (Å²) in [5.74, 6) is 0.713. The van der Waals surface area contributed by atoms with Gasteiger partial charge in [-0.15, -0.1) is 11.3 Å². The third-order valence-corrected chi connectivity index (χ3v) is 2.09. The third-order valence-electron chi connectivity index (χ3n) is 1.37. The van der Waals surface area contributed by atoms with Gasteiger partial charge in [0.25, 0.3) is 0 Å². The van der Waals surface area contributed by atoms with E-state index in [1.165, 1.54) is 6.07 Å². The van der Waals surface area contributed by atoms with Crippen LogP contribution in [0.15, 0.2) is 34.3 Å². The lowest BCUT2D eigenvalue weighted by molar-refractivity contribution is 0.582. The molecule has 2 aromatic heterocycles. The highest BCUT2D eigenvalue weighted by Gasteiger charge is 2.02. The van der Waals surface area contributed by atoms with Crippen LogP contribution in [0.4, 0.5) is 4.39 Å². The fraction of sp³-hybridized carbons (Fsp3) is 0. The molecule has 0 saturated heterocycles. The van der Waals surface area contributed by atoms with Gasteiger partial charge in [0.15, 0.2) is 5.13 Å². The molecule has 2 rings (SSSR count). The molecule has 0 saturated carbocycles. The first kappa shape index (κ1) is 6.61. The lowest BCUT2D eigenvalue weighted by Crippen LogP contribution is -1.63. The molecule has 0 fully saturated rings. The van der Waals surface area contributed by atoms with Crippen molar-refractivity contribution in [1.29, 1.82) is 0 Å². The Morgan fingerprint density at radius 2 is 2.36 bits per heavy atom. The molecule has 11 heavy (non-hydrogen) atoms. The second kappa shape index (κ2) is 2.51. The fourth-order valence-electron chi connectivity index (χ4n) is 0.882. The van der Waals surface area contributed by atoms with Gasteiger partial charge < -0.3 is 4.42 Å². The zero-order valence-electron chi connectivity index (χ0n) is 5.58. The maximum absolute atomic E-state index is 12.5. The van der Waals surface area contributed by atoms with E-state index in [9.17, 15) is 4.39 Å². The predicted octanol–water partition coefficient (Wildman–Crippen LogP) is 3.15. The molecule has 0 amide bonds. The van der Waals surface area contributed by atoms with Crippen LogP contribution in [0, 0.1) is 5.13 Å². The lowest BCUT2D eigenvalue weighted by Gasteiger charge is -1.85. The van der Waals surface area contributed by atoms with Crippen LogP contribution in [0.1, 0.15) is 0 Å². The van der Waals surface area contributed by atoms with Crippen molar-refractivity contribution in [2.75, 3.05) is 0 Å². The first-order valence-corrected chi connectivity index (χ1v) is 4.02. The van der Waals surface area contributed by atoms with Crippen LogP contribution < -0.4 is 0 Å². The number of furan rings is 1. The Labute approximate surface area is 67.1 Å². The Kier molecular flexibility index (Phi) is 1.51. The molecule has 0 aliphatic carbocycles. The van der Waals surface area contributed by atoms with E-state index >= 15 is 0 Å². The highest BCUT2D eigenvalue weighted by Crippen LogP contribution is 2.24. The monoisotopic (exact) mass is 168 g/mol. The van der Waals surface area contributed by atoms with E-state index in [4.69, 9.17) is 4.42 Å². The second-order valence-corrected chi connectivity index (χ2v) is 2.98. The molecule has 0 N–H and O–H groups in total. The van der Waals surface area contributed by atoms with Gasteiger partial charge in [-0.2, -0.15) is 4.39 Å². The molecule has 56 valence electrons. The summed E-state index contributed by atoms with van der Waals surface area (Å²) in [7, 11) is 0. The van der Waals surface area contributed by atoms with E-state index in [0.29, 0.717) is 5.76 Å². The average molecular weight is 168 g/mol. The van der Waals surface area contributed by atoms with Crippen LogP contribution >= 0.6 is 11.3 Å². The van der Waals surface area contributed by atoms with E-state index < -0.39 is 0 Å². The summed E-state index contributed by atoms with van der Waals surface area (Å²) in [5.41, 5.74) is 0.803. The summed E-state index contributed by atoms with van der Waals surface area (Å²) in [6.07, 6.45) is 1.57. The minimum Gasteiger partial charge on any atom is -0.464 e. The Hall–Kier alpha value is -1.09. The first-order chi connectivity index (χ1) is 5.36. The van der Waals surface area contributed by atoms with Crippen molar-refractivity contribution in [2.45, 2.75) is 0 Å². The topological polar surface area (TPSA) is 13.1 Å². The van der Waals surface area contributed by atoms with Crippen molar-refractivity contribution in [2.24, 2.45) is 0 Å². The second-order valence-electron chi connectivity index (χ2n) is 2.12. The van der Waals surface area contributed by atoms with E-state index in [-0.39, 0.29) is 5.13 Å². The molecule has 0 spiro atoms. The Morgan fingerprint density at radius 1 is 1.45 bits per heavy atom. The molecule has 0 atom stereocenters. The maximum Gasteiger partial charge on any atom is 0.177 e. The first-order valence-electron chi connectivity index (χ1n) is 3.14. The van der Waals surface area contributed by atoms with Crippen LogP contribution in [0.5, 0.6) is 0 Å². The van der Waals surface area contributed by atoms with Crippen LogP contribution in [0.25, 0.3) is 11.3 Å². The number of rotatable bonds is 1. The molecule has 0 aliphatic heterocycles. The van der Waals surface area contributed by atoms with Crippen molar-refractivity contribution in [1.82, 2.24) is 0 Å². The molecule has 2 heterocycles. The number of hydrogen-bond acceptors (Lipinski definition) is 2. The summed E-state index contributed by atoms with van der Waals surface area (Å²) < 4.78 is 17.6. The van der Waals surface area contributed by atoms with Crippen molar-refractivity contribution >= 4 is 11.3 Å². The van der Waals surface area contributed by atoms with Crippen LogP contribution in [0.3, 0.4) is 0 Å². The summed E-state index contributed by atoms with van der Waals surface area (Å²) in [5, 5.41) is 1.55. The van der Waals surface area contributed by atoms with Gasteiger partial charge in [-0.25, -0.2) is 0 Å². The highest BCUT2D eigenvalue weighted by molar-refractivity contribution is 7.08. The highest BCUT2D eigenvalue weighted by atomic mass is 32.1. The number of halogens is 1. The van der Waals surface area contributed by atoms with Crippen LogP contribution in [0.2, 0.25) is 0 Å². The van der Waals surface area contributed by atoms with E-state index in [0.717, 1.165) is 16.9 Å². The Bertz CT molecular complexity index is 337. The van der Waals surface area contributed by atoms with Crippen molar-refractivity contribution < 1.29 is 8.81 Å². The van der Waals surface area contributed by atoms with Gasteiger partial charge in [0.1, 0.15) is 5.76 Å². The van der Waals surface area contributed by atoms with Gasteiger partial charge in [0.05, 0.1) is 6.26 Å². The van der Waals surface area contributed by atoms with Gasteiger partial charge in [-0.05, 0) is 18.2 Å². The third kappa shape index (κ3) is 1.19. The average Bonchev–Trinajstić information content (AvgIpc) is 2.55. The quantitative estimate of drug-likeness (QED) is 0.637. The molecule has 0 radical (unpaired) electrons. The molecule has 0 bridgehead atoms. The molecule has 0 aromatic carbocycles. The van der Waals surface area contributed by atoms with Gasteiger partial charge in [0.2, 0.25) is 0 Å². The smallest absolute Gasteiger partial charge is 0.177 e. The molecule has 1 nitrogen and oxygen atoms in total. The largest absolute Gasteiger partial charge is 0.464 e.